The summed E-state index contributed by atoms with van der Waals surface area (Å²) in [4.78, 5) is 30.7. The molecule has 3 rings (SSSR count). The molecule has 0 aromatic carbocycles. The van der Waals surface area contributed by atoms with Gasteiger partial charge in [0.15, 0.2) is 0 Å². The molecule has 0 aliphatic carbocycles. The Morgan fingerprint density at radius 3 is 0.769 bits per heavy atom. The van der Waals surface area contributed by atoms with Crippen LogP contribution in [-0.4, -0.2) is 157 Å². The second kappa shape index (κ2) is 22.4. The largest absolute Gasteiger partial charge is 1.00 e. The van der Waals surface area contributed by atoms with E-state index in [1.165, 1.54) is 0 Å². The number of hydrogen-bond acceptors (Lipinski definition) is 18. The summed E-state index contributed by atoms with van der Waals surface area (Å²) in [5.74, 6) is -4.81. The average molecular weight is 649 g/mol. The first kappa shape index (κ1) is 46.3. The van der Waals surface area contributed by atoms with E-state index in [1.54, 1.807) is 0 Å². The van der Waals surface area contributed by atoms with Gasteiger partial charge in [0, 0.05) is 0 Å². The van der Waals surface area contributed by atoms with E-state index in [0.717, 1.165) is 0 Å². The third-order valence-corrected chi connectivity index (χ3v) is 5.20. The molecular weight excluding hydrogens is 621 g/mol. The van der Waals surface area contributed by atoms with Crippen molar-refractivity contribution in [3.63, 3.8) is 0 Å². The quantitative estimate of drug-likeness (QED) is 0.128. The Morgan fingerprint density at radius 2 is 0.615 bits per heavy atom. The Morgan fingerprint density at radius 1 is 0.436 bits per heavy atom. The Hall–Kier alpha value is 2.84. The molecule has 21 heteroatoms. The Bertz CT molecular complexity index is 653. The summed E-state index contributed by atoms with van der Waals surface area (Å²) in [6, 6.07) is 0. The summed E-state index contributed by atoms with van der Waals surface area (Å²) >= 11 is 0. The van der Waals surface area contributed by atoms with Crippen molar-refractivity contribution in [2.45, 2.75) is 73.2 Å². The molecule has 9 N–H and O–H groups in total. The monoisotopic (exact) mass is 648 g/mol. The summed E-state index contributed by atoms with van der Waals surface area (Å²) in [5.41, 5.74) is 0. The van der Waals surface area contributed by atoms with Gasteiger partial charge in [-0.2, -0.15) is 0 Å². The fraction of sp³-hybridized carbons (Fsp3) is 0.833. The van der Waals surface area contributed by atoms with Crippen LogP contribution in [0.2, 0.25) is 0 Å². The maximum atomic E-state index is 10.2. The number of rotatable bonds is 3. The van der Waals surface area contributed by atoms with Gasteiger partial charge < -0.3 is 89.9 Å². The zero-order valence-corrected chi connectivity index (χ0v) is 30.6. The van der Waals surface area contributed by atoms with Crippen LogP contribution in [0.5, 0.6) is 0 Å². The molecule has 3 fully saturated rings. The first-order chi connectivity index (χ1) is 16.6. The first-order valence-electron chi connectivity index (χ1n) is 10.2. The molecule has 18 nitrogen and oxygen atoms in total. The Labute approximate surface area is 348 Å². The molecule has 210 valence electrons. The van der Waals surface area contributed by atoms with Gasteiger partial charge in [-0.25, -0.2) is 0 Å². The second-order valence-corrected chi connectivity index (χ2v) is 7.86. The summed E-state index contributed by atoms with van der Waals surface area (Å²) in [6.07, 6.45) is -17.9. The molecule has 39 heavy (non-hydrogen) atoms. The van der Waals surface area contributed by atoms with Crippen molar-refractivity contribution in [3.05, 3.63) is 0 Å². The van der Waals surface area contributed by atoms with Gasteiger partial charge in [0.2, 0.25) is 0 Å². The Balaban J connectivity index is -0.000000480. The van der Waals surface area contributed by atoms with E-state index in [-0.39, 0.29) is 174 Å². The third-order valence-electron chi connectivity index (χ3n) is 5.20. The zero-order chi connectivity index (χ0) is 27.9. The molecule has 0 aromatic rings. The van der Waals surface area contributed by atoms with Crippen molar-refractivity contribution in [2.75, 3.05) is 19.8 Å². The normalized spacial score (nSPS) is 39.3. The van der Waals surface area contributed by atoms with E-state index in [4.69, 9.17) is 46.0 Å². The molecule has 0 saturated carbocycles. The van der Waals surface area contributed by atoms with Crippen molar-refractivity contribution >= 4 is 17.9 Å². The number of aliphatic carboxylic acids is 3. The summed E-state index contributed by atoms with van der Waals surface area (Å²) < 4.78 is 13.5. The molecule has 0 amide bonds. The van der Waals surface area contributed by atoms with Gasteiger partial charge in [0.25, 0.3) is 0 Å². The number of carboxylic acids is 3. The van der Waals surface area contributed by atoms with E-state index in [1.807, 2.05) is 0 Å². The first-order valence-corrected chi connectivity index (χ1v) is 10.2. The van der Waals surface area contributed by atoms with Gasteiger partial charge >= 0.3 is 154 Å². The average Bonchev–Trinajstić information content (AvgIpc) is 2.79. The number of carbonyl (C=O) groups is 3. The number of ether oxygens (including phenoxy) is 3. The van der Waals surface area contributed by atoms with Crippen LogP contribution in [0, 0.1) is 0 Å². The molecule has 3 saturated heterocycles. The number of hydrogen-bond donors (Lipinski definition) is 9. The minimum Gasteiger partial charge on any atom is -0.547 e. The van der Waals surface area contributed by atoms with Gasteiger partial charge in [-0.1, -0.05) is 0 Å². The van der Waals surface area contributed by atoms with Crippen LogP contribution in [0.15, 0.2) is 0 Å². The van der Waals surface area contributed by atoms with Gasteiger partial charge in [-0.05, 0) is 0 Å². The van der Waals surface area contributed by atoms with Crippen molar-refractivity contribution in [3.8, 4) is 0 Å². The SMILES string of the molecule is O=C([O-])C1OCC(O)C(O)C1O.O=C([O-])C1OCC(O)C(O)C1O.O=C([O-])C1OCC(O)C(O)C1O.[K+].[K+].[K+]. The molecule has 3 heterocycles. The maximum absolute atomic E-state index is 10.2. The van der Waals surface area contributed by atoms with Crippen LogP contribution in [0.25, 0.3) is 0 Å². The van der Waals surface area contributed by atoms with Gasteiger partial charge in [-0.3, -0.25) is 0 Å². The molecule has 0 radical (unpaired) electrons. The van der Waals surface area contributed by atoms with E-state index in [0.29, 0.717) is 0 Å². The van der Waals surface area contributed by atoms with Crippen molar-refractivity contribution in [1.29, 1.82) is 0 Å². The van der Waals surface area contributed by atoms with Crippen LogP contribution >= 0.6 is 0 Å². The van der Waals surface area contributed by atoms with E-state index < -0.39 is 91.2 Å². The predicted molar refractivity (Wildman–Crippen MR) is 98.3 cm³/mol. The van der Waals surface area contributed by atoms with Gasteiger partial charge in [0.1, 0.15) is 73.2 Å². The standard InChI is InChI=1S/3C6H10O6.3K/c3*7-2-1-12-5(6(10)11)4(9)3(2)8;;;/h3*2-5,7-9H,1H2,(H,10,11);;;/q;;;3*+1/p-3. The van der Waals surface area contributed by atoms with Crippen molar-refractivity contribution < 1.29 is 244 Å². The summed E-state index contributed by atoms with van der Waals surface area (Å²) in [5, 5.41) is 111. The molecule has 3 aliphatic heterocycles. The number of carboxylic acid groups (broad SMARTS) is 3. The minimum absolute atomic E-state index is 0. The smallest absolute Gasteiger partial charge is 0.547 e. The number of carbonyl (C=O) groups excluding carboxylic acids is 3. The number of aliphatic hydroxyl groups is 9. The minimum atomic E-state index is -1.64. The van der Waals surface area contributed by atoms with Crippen LogP contribution < -0.4 is 169 Å². The molecular formula is C18H27K3O18. The molecule has 3 aliphatic rings. The summed E-state index contributed by atoms with van der Waals surface area (Å²) in [7, 11) is 0. The van der Waals surface area contributed by atoms with Crippen LogP contribution in [0.4, 0.5) is 0 Å². The molecule has 12 atom stereocenters. The van der Waals surface area contributed by atoms with Crippen LogP contribution in [-0.2, 0) is 28.6 Å². The van der Waals surface area contributed by atoms with Crippen molar-refractivity contribution in [1.82, 2.24) is 0 Å². The van der Waals surface area contributed by atoms with Crippen LogP contribution in [0.3, 0.4) is 0 Å². The van der Waals surface area contributed by atoms with E-state index in [9.17, 15) is 29.7 Å². The van der Waals surface area contributed by atoms with Gasteiger partial charge in [-0.15, -0.1) is 0 Å². The van der Waals surface area contributed by atoms with Crippen LogP contribution in [0.1, 0.15) is 0 Å². The maximum Gasteiger partial charge on any atom is 1.00 e. The second-order valence-electron chi connectivity index (χ2n) is 7.86. The molecule has 0 spiro atoms. The topological polar surface area (TPSA) is 330 Å². The fourth-order valence-electron chi connectivity index (χ4n) is 3.04. The number of aliphatic hydroxyl groups excluding tert-OH is 9. The van der Waals surface area contributed by atoms with E-state index >= 15 is 0 Å². The molecule has 0 bridgehead atoms. The third kappa shape index (κ3) is 14.2. The van der Waals surface area contributed by atoms with E-state index in [2.05, 4.69) is 14.2 Å². The predicted octanol–water partition coefficient (Wildman–Crippen LogP) is -20.3. The molecule has 0 aromatic heterocycles. The Kier molecular flexibility index (Phi) is 26.5. The van der Waals surface area contributed by atoms with Gasteiger partial charge in [0.05, 0.1) is 37.7 Å². The fourth-order valence-corrected chi connectivity index (χ4v) is 3.04. The van der Waals surface area contributed by atoms with Crippen molar-refractivity contribution in [2.24, 2.45) is 0 Å². The summed E-state index contributed by atoms with van der Waals surface area (Å²) in [6.45, 7) is -0.968. The molecule has 12 unspecified atom stereocenters. The zero-order valence-electron chi connectivity index (χ0n) is 21.2.